The van der Waals surface area contributed by atoms with Crippen molar-refractivity contribution in [1.29, 1.82) is 0 Å². The lowest BCUT2D eigenvalue weighted by Gasteiger charge is -2.25. The summed E-state index contributed by atoms with van der Waals surface area (Å²) in [6.45, 7) is 5.61. The molecule has 0 radical (unpaired) electrons. The number of aromatic nitrogens is 4. The molecule has 3 atom stereocenters. The lowest BCUT2D eigenvalue weighted by Crippen LogP contribution is -2.34. The average molecular weight is 244 g/mol. The van der Waals surface area contributed by atoms with Crippen LogP contribution in [0.25, 0.3) is 5.65 Å². The Bertz CT molecular complexity index is 579. The maximum Gasteiger partial charge on any atom is 0.203 e. The van der Waals surface area contributed by atoms with Crippen LogP contribution in [-0.4, -0.2) is 45.3 Å². The second-order valence-electron chi connectivity index (χ2n) is 5.29. The second-order valence-corrected chi connectivity index (χ2v) is 5.29. The van der Waals surface area contributed by atoms with E-state index in [2.05, 4.69) is 32.3 Å². The van der Waals surface area contributed by atoms with Crippen molar-refractivity contribution in [1.82, 2.24) is 24.9 Å². The zero-order valence-corrected chi connectivity index (χ0v) is 10.3. The van der Waals surface area contributed by atoms with Gasteiger partial charge in [-0.3, -0.25) is 4.40 Å². The molecule has 4 heterocycles. The molecule has 2 aliphatic rings. The van der Waals surface area contributed by atoms with E-state index >= 15 is 0 Å². The number of nitrogens with one attached hydrogen (secondary N) is 1. The van der Waals surface area contributed by atoms with Gasteiger partial charge in [0.15, 0.2) is 5.82 Å². The van der Waals surface area contributed by atoms with Gasteiger partial charge in [-0.05, 0) is 18.8 Å². The highest BCUT2D eigenvalue weighted by atomic mass is 15.3. The number of hydrogen-bond acceptors (Lipinski definition) is 5. The summed E-state index contributed by atoms with van der Waals surface area (Å²) >= 11 is 0. The fourth-order valence-electron chi connectivity index (χ4n) is 3.40. The van der Waals surface area contributed by atoms with Crippen LogP contribution < -0.4 is 10.2 Å². The van der Waals surface area contributed by atoms with Crippen molar-refractivity contribution < 1.29 is 0 Å². The molecule has 3 unspecified atom stereocenters. The van der Waals surface area contributed by atoms with Crippen LogP contribution in [-0.2, 0) is 0 Å². The molecule has 0 aromatic carbocycles. The quantitative estimate of drug-likeness (QED) is 0.775. The van der Waals surface area contributed by atoms with Crippen molar-refractivity contribution in [3.05, 3.63) is 18.7 Å². The van der Waals surface area contributed by atoms with Gasteiger partial charge in [0.1, 0.15) is 6.33 Å². The summed E-state index contributed by atoms with van der Waals surface area (Å²) in [4.78, 5) is 6.91. The van der Waals surface area contributed by atoms with Crippen LogP contribution in [0.2, 0.25) is 0 Å². The van der Waals surface area contributed by atoms with E-state index in [4.69, 9.17) is 0 Å². The fraction of sp³-hybridized carbons (Fsp3) is 0.583. The summed E-state index contributed by atoms with van der Waals surface area (Å²) in [6, 6.07) is 0.514. The molecule has 0 saturated carbocycles. The van der Waals surface area contributed by atoms with Crippen LogP contribution in [0.1, 0.15) is 6.92 Å². The Balaban J connectivity index is 1.77. The molecule has 6 heteroatoms. The second kappa shape index (κ2) is 3.65. The molecule has 0 spiro atoms. The Morgan fingerprint density at radius 2 is 2.33 bits per heavy atom. The first-order valence-electron chi connectivity index (χ1n) is 6.46. The molecule has 4 rings (SSSR count). The summed E-state index contributed by atoms with van der Waals surface area (Å²) in [5, 5.41) is 11.6. The molecule has 18 heavy (non-hydrogen) atoms. The van der Waals surface area contributed by atoms with Crippen molar-refractivity contribution >= 4 is 11.5 Å². The first kappa shape index (κ1) is 10.3. The molecule has 1 N–H and O–H groups in total. The molecule has 0 aliphatic carbocycles. The van der Waals surface area contributed by atoms with Gasteiger partial charge in [-0.2, -0.15) is 0 Å². The molecular weight excluding hydrogens is 228 g/mol. The number of rotatable bonds is 1. The van der Waals surface area contributed by atoms with E-state index in [0.717, 1.165) is 42.9 Å². The highest BCUT2D eigenvalue weighted by Gasteiger charge is 2.42. The number of anilines is 1. The van der Waals surface area contributed by atoms with Crippen molar-refractivity contribution in [3.63, 3.8) is 0 Å². The third-order valence-corrected chi connectivity index (χ3v) is 4.40. The molecule has 2 aromatic rings. The maximum atomic E-state index is 4.52. The standard InChI is InChI=1S/C12H16N6/c1-8-10-5-13-4-9(10)6-18(8)11-12-16-15-7-17(12)3-2-14-11/h2-3,7-10,13H,4-6H2,1H3. The lowest BCUT2D eigenvalue weighted by atomic mass is 9.95. The zero-order chi connectivity index (χ0) is 12.1. The van der Waals surface area contributed by atoms with E-state index in [1.54, 1.807) is 6.33 Å². The normalized spacial score (nSPS) is 31.2. The van der Waals surface area contributed by atoms with Gasteiger partial charge in [0.25, 0.3) is 0 Å². The third-order valence-electron chi connectivity index (χ3n) is 4.40. The van der Waals surface area contributed by atoms with Gasteiger partial charge in [0, 0.05) is 38.1 Å². The molecule has 6 nitrogen and oxygen atoms in total. The van der Waals surface area contributed by atoms with E-state index in [1.165, 1.54) is 0 Å². The number of hydrogen-bond donors (Lipinski definition) is 1. The van der Waals surface area contributed by atoms with Crippen LogP contribution in [0.4, 0.5) is 5.82 Å². The minimum atomic E-state index is 0.514. The molecular formula is C12H16N6. The highest BCUT2D eigenvalue weighted by molar-refractivity contribution is 5.64. The van der Waals surface area contributed by atoms with Crippen molar-refractivity contribution in [2.75, 3.05) is 24.5 Å². The Hall–Kier alpha value is -1.69. The van der Waals surface area contributed by atoms with Crippen LogP contribution in [0.3, 0.4) is 0 Å². The number of nitrogens with zero attached hydrogens (tertiary/aromatic N) is 5. The average Bonchev–Trinajstić information content (AvgIpc) is 3.06. The van der Waals surface area contributed by atoms with E-state index in [9.17, 15) is 0 Å². The van der Waals surface area contributed by atoms with Crippen molar-refractivity contribution in [3.8, 4) is 0 Å². The summed E-state index contributed by atoms with van der Waals surface area (Å²) in [5.74, 6) is 2.44. The largest absolute Gasteiger partial charge is 0.350 e. The van der Waals surface area contributed by atoms with Gasteiger partial charge >= 0.3 is 0 Å². The topological polar surface area (TPSA) is 58.4 Å². The Morgan fingerprint density at radius 1 is 1.39 bits per heavy atom. The Labute approximate surface area is 105 Å². The summed E-state index contributed by atoms with van der Waals surface area (Å²) in [7, 11) is 0. The smallest absolute Gasteiger partial charge is 0.203 e. The van der Waals surface area contributed by atoms with Gasteiger partial charge in [-0.15, -0.1) is 10.2 Å². The van der Waals surface area contributed by atoms with Crippen LogP contribution >= 0.6 is 0 Å². The third kappa shape index (κ3) is 1.29. The van der Waals surface area contributed by atoms with Crippen LogP contribution in [0.15, 0.2) is 18.7 Å². The SMILES string of the molecule is CC1C2CNCC2CN1c1nccn2cnnc12. The lowest BCUT2D eigenvalue weighted by molar-refractivity contribution is 0.471. The van der Waals surface area contributed by atoms with E-state index < -0.39 is 0 Å². The minimum Gasteiger partial charge on any atom is -0.350 e. The molecule has 2 saturated heterocycles. The summed E-state index contributed by atoms with van der Waals surface area (Å²) in [5.41, 5.74) is 0.859. The number of fused-ring (bicyclic) bond motifs is 2. The Kier molecular flexibility index (Phi) is 2.08. The van der Waals surface area contributed by atoms with Crippen LogP contribution in [0, 0.1) is 11.8 Å². The van der Waals surface area contributed by atoms with E-state index in [0.29, 0.717) is 6.04 Å². The van der Waals surface area contributed by atoms with Crippen LogP contribution in [0.5, 0.6) is 0 Å². The zero-order valence-electron chi connectivity index (χ0n) is 10.3. The molecule has 94 valence electrons. The summed E-state index contributed by atoms with van der Waals surface area (Å²) in [6.07, 6.45) is 5.44. The first-order chi connectivity index (χ1) is 8.84. The predicted octanol–water partition coefficient (Wildman–Crippen LogP) is 0.168. The van der Waals surface area contributed by atoms with Crippen molar-refractivity contribution in [2.24, 2.45) is 11.8 Å². The maximum absolute atomic E-state index is 4.52. The van der Waals surface area contributed by atoms with E-state index in [-0.39, 0.29) is 0 Å². The van der Waals surface area contributed by atoms with Gasteiger partial charge in [0.2, 0.25) is 5.65 Å². The fourth-order valence-corrected chi connectivity index (χ4v) is 3.40. The first-order valence-corrected chi connectivity index (χ1v) is 6.46. The molecule has 0 amide bonds. The molecule has 0 bridgehead atoms. The van der Waals surface area contributed by atoms with Gasteiger partial charge in [0.05, 0.1) is 0 Å². The minimum absolute atomic E-state index is 0.514. The molecule has 2 aliphatic heterocycles. The van der Waals surface area contributed by atoms with Crippen molar-refractivity contribution in [2.45, 2.75) is 13.0 Å². The highest BCUT2D eigenvalue weighted by Crippen LogP contribution is 2.35. The monoisotopic (exact) mass is 244 g/mol. The molecule has 2 aromatic heterocycles. The molecule has 2 fully saturated rings. The van der Waals surface area contributed by atoms with Gasteiger partial charge < -0.3 is 10.2 Å². The Morgan fingerprint density at radius 3 is 3.22 bits per heavy atom. The predicted molar refractivity (Wildman–Crippen MR) is 67.4 cm³/mol. The summed E-state index contributed by atoms with van der Waals surface area (Å²) < 4.78 is 1.93. The van der Waals surface area contributed by atoms with E-state index in [1.807, 2.05) is 16.8 Å². The van der Waals surface area contributed by atoms with Gasteiger partial charge in [-0.1, -0.05) is 0 Å². The van der Waals surface area contributed by atoms with Gasteiger partial charge in [-0.25, -0.2) is 4.98 Å².